The third-order valence-electron chi connectivity index (χ3n) is 3.13. The number of carbonyl (C=O) groups is 2. The lowest BCUT2D eigenvalue weighted by Crippen LogP contribution is -2.08. The predicted octanol–water partition coefficient (Wildman–Crippen LogP) is 2.90. The van der Waals surface area contributed by atoms with Crippen LogP contribution in [0, 0.1) is 0 Å². The molecule has 0 amide bonds. The molecule has 0 heterocycles. The van der Waals surface area contributed by atoms with Crippen molar-refractivity contribution in [2.45, 2.75) is 45.4 Å². The molecule has 0 spiro atoms. The summed E-state index contributed by atoms with van der Waals surface area (Å²) in [4.78, 5) is 21.6. The van der Waals surface area contributed by atoms with Crippen LogP contribution in [0.25, 0.3) is 0 Å². The van der Waals surface area contributed by atoms with Gasteiger partial charge >= 0.3 is 11.9 Å². The van der Waals surface area contributed by atoms with E-state index in [1.807, 2.05) is 0 Å². The first-order chi connectivity index (χ1) is 10.0. The number of hydrogen-bond acceptors (Lipinski definition) is 3. The lowest BCUT2D eigenvalue weighted by atomic mass is 10.0. The molecular weight excluding hydrogens is 272 g/mol. The van der Waals surface area contributed by atoms with E-state index in [4.69, 9.17) is 14.9 Å². The molecule has 0 unspecified atom stereocenters. The summed E-state index contributed by atoms with van der Waals surface area (Å²) in [7, 11) is 0. The number of aliphatic carboxylic acids is 2. The summed E-state index contributed by atoms with van der Waals surface area (Å²) < 4.78 is 5.59. The van der Waals surface area contributed by atoms with Crippen LogP contribution < -0.4 is 4.74 Å². The molecule has 0 aliphatic carbocycles. The standard InChI is InChI=1S/C16H22O5/c1-2-3-4-5-8-21-14-7-6-12(10-15(17)18)13(9-14)11-16(19)20/h6-7,9H,2-5,8,10-11H2,1H3,(H,17,18)(H,19,20). The average molecular weight is 294 g/mol. The van der Waals surface area contributed by atoms with Gasteiger partial charge in [-0.2, -0.15) is 0 Å². The summed E-state index contributed by atoms with van der Waals surface area (Å²) in [6.45, 7) is 2.73. The van der Waals surface area contributed by atoms with Crippen molar-refractivity contribution in [1.82, 2.24) is 0 Å². The number of carboxylic acids is 2. The van der Waals surface area contributed by atoms with E-state index in [0.717, 1.165) is 19.3 Å². The largest absolute Gasteiger partial charge is 0.494 e. The van der Waals surface area contributed by atoms with Gasteiger partial charge in [-0.05, 0) is 29.7 Å². The Kier molecular flexibility index (Phi) is 7.29. The molecule has 0 saturated heterocycles. The van der Waals surface area contributed by atoms with E-state index >= 15 is 0 Å². The van der Waals surface area contributed by atoms with Gasteiger partial charge in [0.2, 0.25) is 0 Å². The van der Waals surface area contributed by atoms with Gasteiger partial charge in [-0.15, -0.1) is 0 Å². The van der Waals surface area contributed by atoms with Crippen LogP contribution in [0.2, 0.25) is 0 Å². The summed E-state index contributed by atoms with van der Waals surface area (Å²) in [5, 5.41) is 17.7. The van der Waals surface area contributed by atoms with Crippen molar-refractivity contribution in [2.75, 3.05) is 6.61 Å². The smallest absolute Gasteiger partial charge is 0.307 e. The number of rotatable bonds is 10. The van der Waals surface area contributed by atoms with Crippen LogP contribution in [0.1, 0.15) is 43.7 Å². The van der Waals surface area contributed by atoms with E-state index in [-0.39, 0.29) is 12.8 Å². The van der Waals surface area contributed by atoms with Crippen LogP contribution >= 0.6 is 0 Å². The van der Waals surface area contributed by atoms with Gasteiger partial charge in [0, 0.05) is 0 Å². The number of benzene rings is 1. The highest BCUT2D eigenvalue weighted by Gasteiger charge is 2.11. The van der Waals surface area contributed by atoms with Gasteiger partial charge in [0.15, 0.2) is 0 Å². The van der Waals surface area contributed by atoms with Crippen LogP contribution in [-0.2, 0) is 22.4 Å². The zero-order chi connectivity index (χ0) is 15.7. The molecule has 0 radical (unpaired) electrons. The van der Waals surface area contributed by atoms with E-state index in [1.54, 1.807) is 18.2 Å². The number of unbranched alkanes of at least 4 members (excludes halogenated alkanes) is 3. The highest BCUT2D eigenvalue weighted by Crippen LogP contribution is 2.20. The second-order valence-corrected chi connectivity index (χ2v) is 4.98. The minimum Gasteiger partial charge on any atom is -0.494 e. The summed E-state index contributed by atoms with van der Waals surface area (Å²) >= 11 is 0. The van der Waals surface area contributed by atoms with Crippen molar-refractivity contribution in [3.63, 3.8) is 0 Å². The summed E-state index contributed by atoms with van der Waals surface area (Å²) in [6.07, 6.45) is 4.02. The van der Waals surface area contributed by atoms with Crippen LogP contribution in [0.5, 0.6) is 5.75 Å². The monoisotopic (exact) mass is 294 g/mol. The van der Waals surface area contributed by atoms with Crippen molar-refractivity contribution in [3.05, 3.63) is 29.3 Å². The van der Waals surface area contributed by atoms with E-state index in [9.17, 15) is 9.59 Å². The Morgan fingerprint density at radius 3 is 2.29 bits per heavy atom. The Balaban J connectivity index is 2.69. The highest BCUT2D eigenvalue weighted by atomic mass is 16.5. The molecule has 0 bridgehead atoms. The molecule has 0 atom stereocenters. The number of carboxylic acid groups (broad SMARTS) is 2. The molecule has 1 rings (SSSR count). The Bertz CT molecular complexity index is 482. The van der Waals surface area contributed by atoms with E-state index in [0.29, 0.717) is 23.5 Å². The van der Waals surface area contributed by atoms with E-state index in [2.05, 4.69) is 6.92 Å². The lowest BCUT2D eigenvalue weighted by Gasteiger charge is -2.10. The predicted molar refractivity (Wildman–Crippen MR) is 78.8 cm³/mol. The van der Waals surface area contributed by atoms with Gasteiger partial charge in [-0.1, -0.05) is 32.3 Å². The zero-order valence-electron chi connectivity index (χ0n) is 12.3. The number of hydrogen-bond donors (Lipinski definition) is 2. The van der Waals surface area contributed by atoms with Gasteiger partial charge < -0.3 is 14.9 Å². The maximum Gasteiger partial charge on any atom is 0.307 e. The van der Waals surface area contributed by atoms with Gasteiger partial charge in [0.25, 0.3) is 0 Å². The van der Waals surface area contributed by atoms with Crippen molar-refractivity contribution in [2.24, 2.45) is 0 Å². The molecule has 0 aromatic heterocycles. The average Bonchev–Trinajstić information content (AvgIpc) is 2.40. The molecular formula is C16H22O5. The fourth-order valence-electron chi connectivity index (χ4n) is 2.07. The molecule has 0 aliphatic rings. The fraction of sp³-hybridized carbons (Fsp3) is 0.500. The topological polar surface area (TPSA) is 83.8 Å². The van der Waals surface area contributed by atoms with Gasteiger partial charge in [0.1, 0.15) is 5.75 Å². The van der Waals surface area contributed by atoms with Crippen LogP contribution in [0.15, 0.2) is 18.2 Å². The maximum absolute atomic E-state index is 10.9. The second-order valence-electron chi connectivity index (χ2n) is 4.98. The second kappa shape index (κ2) is 9.00. The molecule has 21 heavy (non-hydrogen) atoms. The molecule has 1 aromatic rings. The Labute approximate surface area is 124 Å². The minimum absolute atomic E-state index is 0.181. The van der Waals surface area contributed by atoms with Crippen molar-refractivity contribution >= 4 is 11.9 Å². The lowest BCUT2D eigenvalue weighted by molar-refractivity contribution is -0.137. The molecule has 116 valence electrons. The third-order valence-corrected chi connectivity index (χ3v) is 3.13. The molecule has 0 fully saturated rings. The van der Waals surface area contributed by atoms with Crippen LogP contribution in [-0.4, -0.2) is 28.8 Å². The molecule has 0 aliphatic heterocycles. The molecule has 2 N–H and O–H groups in total. The first-order valence-corrected chi connectivity index (χ1v) is 7.21. The Hall–Kier alpha value is -2.04. The van der Waals surface area contributed by atoms with Gasteiger partial charge in [0.05, 0.1) is 19.4 Å². The normalized spacial score (nSPS) is 10.3. The number of ether oxygens (including phenoxy) is 1. The maximum atomic E-state index is 10.9. The van der Waals surface area contributed by atoms with E-state index in [1.165, 1.54) is 6.42 Å². The Morgan fingerprint density at radius 2 is 1.67 bits per heavy atom. The van der Waals surface area contributed by atoms with Crippen molar-refractivity contribution in [1.29, 1.82) is 0 Å². The van der Waals surface area contributed by atoms with Gasteiger partial charge in [-0.3, -0.25) is 9.59 Å². The zero-order valence-corrected chi connectivity index (χ0v) is 12.3. The first-order valence-electron chi connectivity index (χ1n) is 7.21. The Morgan fingerprint density at radius 1 is 1.00 bits per heavy atom. The quantitative estimate of drug-likeness (QED) is 0.648. The summed E-state index contributed by atoms with van der Waals surface area (Å²) in [5.41, 5.74) is 1.01. The van der Waals surface area contributed by atoms with Crippen molar-refractivity contribution in [3.8, 4) is 5.75 Å². The summed E-state index contributed by atoms with van der Waals surface area (Å²) in [6, 6.07) is 4.96. The fourth-order valence-corrected chi connectivity index (χ4v) is 2.07. The molecule has 1 aromatic carbocycles. The molecule has 5 nitrogen and oxygen atoms in total. The summed E-state index contributed by atoms with van der Waals surface area (Å²) in [5.74, 6) is -1.37. The molecule has 0 saturated carbocycles. The van der Waals surface area contributed by atoms with Crippen LogP contribution in [0.3, 0.4) is 0 Å². The van der Waals surface area contributed by atoms with Crippen LogP contribution in [0.4, 0.5) is 0 Å². The first kappa shape index (κ1) is 17.0. The highest BCUT2D eigenvalue weighted by molar-refractivity contribution is 5.74. The molecule has 5 heteroatoms. The SMILES string of the molecule is CCCCCCOc1ccc(CC(=O)O)c(CC(=O)O)c1. The van der Waals surface area contributed by atoms with Crippen molar-refractivity contribution < 1.29 is 24.5 Å². The minimum atomic E-state index is -0.985. The van der Waals surface area contributed by atoms with Gasteiger partial charge in [-0.25, -0.2) is 0 Å². The third kappa shape index (κ3) is 6.79. The van der Waals surface area contributed by atoms with E-state index < -0.39 is 11.9 Å².